The average molecular weight is 369 g/mol. The first kappa shape index (κ1) is 16.6. The fourth-order valence-electron chi connectivity index (χ4n) is 3.37. The summed E-state index contributed by atoms with van der Waals surface area (Å²) < 4.78 is 7.14. The molecule has 0 bridgehead atoms. The minimum absolute atomic E-state index is 0.0888. The van der Waals surface area contributed by atoms with Gasteiger partial charge in [-0.3, -0.25) is 4.79 Å². The second-order valence-electron chi connectivity index (χ2n) is 6.14. The number of thiophene rings is 1. The van der Waals surface area contributed by atoms with E-state index >= 15 is 0 Å². The largest absolute Gasteiger partial charge is 0.495 e. The molecule has 134 valence electrons. The van der Waals surface area contributed by atoms with Gasteiger partial charge in [-0.2, -0.15) is 10.1 Å². The molecule has 0 radical (unpaired) electrons. The average Bonchev–Trinajstić information content (AvgIpc) is 3.32. The Kier molecular flexibility index (Phi) is 4.34. The van der Waals surface area contributed by atoms with E-state index < -0.39 is 0 Å². The van der Waals surface area contributed by atoms with Crippen molar-refractivity contribution in [2.24, 2.45) is 5.92 Å². The van der Waals surface area contributed by atoms with Crippen LogP contribution in [0.25, 0.3) is 0 Å². The molecule has 1 aliphatic heterocycles. The van der Waals surface area contributed by atoms with Gasteiger partial charge in [0.1, 0.15) is 18.1 Å². The number of hydrogen-bond acceptors (Lipinski definition) is 6. The lowest BCUT2D eigenvalue weighted by molar-refractivity contribution is -0.121. The first-order valence-electron chi connectivity index (χ1n) is 8.32. The van der Waals surface area contributed by atoms with E-state index in [4.69, 9.17) is 4.74 Å². The Labute approximate surface area is 155 Å². The summed E-state index contributed by atoms with van der Waals surface area (Å²) in [7, 11) is 1.59. The monoisotopic (exact) mass is 369 g/mol. The second-order valence-corrected chi connectivity index (χ2v) is 7.12. The van der Waals surface area contributed by atoms with E-state index in [1.807, 2.05) is 48.7 Å². The SMILES string of the molecule is COc1ccccc1NC(=O)[C@@H]1[C@H](C)Nc2ncnn2[C@@H]1c1cccs1. The highest BCUT2D eigenvalue weighted by atomic mass is 32.1. The summed E-state index contributed by atoms with van der Waals surface area (Å²) in [4.78, 5) is 18.6. The van der Waals surface area contributed by atoms with Crippen molar-refractivity contribution in [1.29, 1.82) is 0 Å². The van der Waals surface area contributed by atoms with Crippen LogP contribution in [-0.4, -0.2) is 33.8 Å². The van der Waals surface area contributed by atoms with Crippen LogP contribution in [0, 0.1) is 5.92 Å². The molecule has 2 N–H and O–H groups in total. The maximum absolute atomic E-state index is 13.2. The Bertz CT molecular complexity index is 908. The van der Waals surface area contributed by atoms with E-state index in [1.165, 1.54) is 6.33 Å². The molecule has 3 atom stereocenters. The number of fused-ring (bicyclic) bond motifs is 1. The third-order valence-electron chi connectivity index (χ3n) is 4.57. The van der Waals surface area contributed by atoms with Crippen molar-refractivity contribution in [2.75, 3.05) is 17.7 Å². The molecule has 0 unspecified atom stereocenters. The third-order valence-corrected chi connectivity index (χ3v) is 5.52. The third kappa shape index (κ3) is 2.82. The van der Waals surface area contributed by atoms with E-state index in [0.717, 1.165) is 4.88 Å². The van der Waals surface area contributed by atoms with Crippen LogP contribution in [0.1, 0.15) is 17.8 Å². The number of benzene rings is 1. The summed E-state index contributed by atoms with van der Waals surface area (Å²) in [5, 5.41) is 12.6. The van der Waals surface area contributed by atoms with E-state index in [-0.39, 0.29) is 23.9 Å². The summed E-state index contributed by atoms with van der Waals surface area (Å²) >= 11 is 1.61. The molecule has 0 aliphatic carbocycles. The number of carbonyl (C=O) groups is 1. The maximum atomic E-state index is 13.2. The Morgan fingerprint density at radius 3 is 2.92 bits per heavy atom. The van der Waals surface area contributed by atoms with Gasteiger partial charge in [0, 0.05) is 10.9 Å². The van der Waals surface area contributed by atoms with Crippen molar-refractivity contribution < 1.29 is 9.53 Å². The van der Waals surface area contributed by atoms with Crippen LogP contribution in [-0.2, 0) is 4.79 Å². The van der Waals surface area contributed by atoms with Gasteiger partial charge in [-0.25, -0.2) is 4.68 Å². The van der Waals surface area contributed by atoms with Crippen LogP contribution < -0.4 is 15.4 Å². The Balaban J connectivity index is 1.70. The van der Waals surface area contributed by atoms with Gasteiger partial charge in [-0.1, -0.05) is 18.2 Å². The van der Waals surface area contributed by atoms with Gasteiger partial charge < -0.3 is 15.4 Å². The fourth-order valence-corrected chi connectivity index (χ4v) is 4.22. The minimum atomic E-state index is -0.354. The number of nitrogens with one attached hydrogen (secondary N) is 2. The molecule has 0 saturated carbocycles. The lowest BCUT2D eigenvalue weighted by Gasteiger charge is -2.36. The molecular weight excluding hydrogens is 350 g/mol. The van der Waals surface area contributed by atoms with Crippen molar-refractivity contribution in [2.45, 2.75) is 19.0 Å². The van der Waals surface area contributed by atoms with E-state index in [9.17, 15) is 4.79 Å². The van der Waals surface area contributed by atoms with Crippen LogP contribution >= 0.6 is 11.3 Å². The van der Waals surface area contributed by atoms with Gasteiger partial charge in [0.15, 0.2) is 0 Å². The molecule has 3 aromatic rings. The van der Waals surface area contributed by atoms with Gasteiger partial charge in [-0.05, 0) is 30.5 Å². The van der Waals surface area contributed by atoms with Crippen LogP contribution in [0.15, 0.2) is 48.1 Å². The van der Waals surface area contributed by atoms with E-state index in [2.05, 4.69) is 20.7 Å². The number of anilines is 2. The highest BCUT2D eigenvalue weighted by Crippen LogP contribution is 2.38. The minimum Gasteiger partial charge on any atom is -0.495 e. The highest BCUT2D eigenvalue weighted by Gasteiger charge is 2.42. The lowest BCUT2D eigenvalue weighted by atomic mass is 9.89. The number of carbonyl (C=O) groups excluding carboxylic acids is 1. The van der Waals surface area contributed by atoms with Gasteiger partial charge in [-0.15, -0.1) is 11.3 Å². The normalized spacial score (nSPS) is 21.5. The molecule has 0 spiro atoms. The predicted molar refractivity (Wildman–Crippen MR) is 101 cm³/mol. The number of para-hydroxylation sites is 2. The summed E-state index contributed by atoms with van der Waals surface area (Å²) in [5.41, 5.74) is 0.654. The fraction of sp³-hybridized carbons (Fsp3) is 0.278. The molecule has 3 heterocycles. The van der Waals surface area contributed by atoms with Crippen LogP contribution in [0.3, 0.4) is 0 Å². The number of aromatic nitrogens is 3. The highest BCUT2D eigenvalue weighted by molar-refractivity contribution is 7.10. The molecule has 1 amide bonds. The zero-order chi connectivity index (χ0) is 18.1. The van der Waals surface area contributed by atoms with Crippen LogP contribution in [0.2, 0.25) is 0 Å². The number of nitrogens with zero attached hydrogens (tertiary/aromatic N) is 3. The topological polar surface area (TPSA) is 81.1 Å². The smallest absolute Gasteiger partial charge is 0.232 e. The molecule has 7 nitrogen and oxygen atoms in total. The first-order valence-corrected chi connectivity index (χ1v) is 9.20. The van der Waals surface area contributed by atoms with Crippen molar-refractivity contribution in [3.63, 3.8) is 0 Å². The van der Waals surface area contributed by atoms with Gasteiger partial charge >= 0.3 is 0 Å². The number of hydrogen-bond donors (Lipinski definition) is 2. The number of rotatable bonds is 4. The van der Waals surface area contributed by atoms with Crippen LogP contribution in [0.4, 0.5) is 11.6 Å². The molecule has 8 heteroatoms. The summed E-state index contributed by atoms with van der Waals surface area (Å²) in [6.45, 7) is 1.99. The molecule has 1 aliphatic rings. The number of methoxy groups -OCH3 is 1. The standard InChI is InChI=1S/C18H19N5O2S/c1-11-15(17(24)22-12-6-3-4-7-13(12)25-2)16(14-8-5-9-26-14)23-18(21-11)19-10-20-23/h3-11,15-16H,1-2H3,(H,22,24)(H,19,20,21)/t11-,15+,16+/m0/s1. The summed E-state index contributed by atoms with van der Waals surface area (Å²) in [6, 6.07) is 11.1. The Morgan fingerprint density at radius 1 is 1.31 bits per heavy atom. The predicted octanol–water partition coefficient (Wildman–Crippen LogP) is 3.01. The maximum Gasteiger partial charge on any atom is 0.232 e. The number of amides is 1. The van der Waals surface area contributed by atoms with Gasteiger partial charge in [0.2, 0.25) is 11.9 Å². The molecule has 0 saturated heterocycles. The zero-order valence-electron chi connectivity index (χ0n) is 14.4. The summed E-state index contributed by atoms with van der Waals surface area (Å²) in [6.07, 6.45) is 1.51. The van der Waals surface area contributed by atoms with Crippen molar-refractivity contribution in [3.05, 3.63) is 53.0 Å². The van der Waals surface area contributed by atoms with Crippen molar-refractivity contribution in [3.8, 4) is 5.75 Å². The second kappa shape index (κ2) is 6.80. The van der Waals surface area contributed by atoms with Crippen molar-refractivity contribution in [1.82, 2.24) is 14.8 Å². The lowest BCUT2D eigenvalue weighted by Crippen LogP contribution is -2.46. The zero-order valence-corrected chi connectivity index (χ0v) is 15.2. The molecule has 2 aromatic heterocycles. The molecular formula is C18H19N5O2S. The Hall–Kier alpha value is -2.87. The first-order chi connectivity index (χ1) is 12.7. The molecule has 0 fully saturated rings. The molecule has 1 aromatic carbocycles. The number of ether oxygens (including phenoxy) is 1. The van der Waals surface area contributed by atoms with E-state index in [1.54, 1.807) is 23.1 Å². The summed E-state index contributed by atoms with van der Waals surface area (Å²) in [5.74, 6) is 0.866. The van der Waals surface area contributed by atoms with Crippen molar-refractivity contribution >= 4 is 28.9 Å². The Morgan fingerprint density at radius 2 is 2.15 bits per heavy atom. The van der Waals surface area contributed by atoms with Gasteiger partial charge in [0.05, 0.1) is 18.7 Å². The quantitative estimate of drug-likeness (QED) is 0.739. The molecule has 4 rings (SSSR count). The van der Waals surface area contributed by atoms with Crippen LogP contribution in [0.5, 0.6) is 5.75 Å². The van der Waals surface area contributed by atoms with Gasteiger partial charge in [0.25, 0.3) is 0 Å². The molecule has 26 heavy (non-hydrogen) atoms. The van der Waals surface area contributed by atoms with E-state index in [0.29, 0.717) is 17.4 Å².